The summed E-state index contributed by atoms with van der Waals surface area (Å²) in [6.07, 6.45) is 2.26. The van der Waals surface area contributed by atoms with Crippen molar-refractivity contribution >= 4 is 29.1 Å². The van der Waals surface area contributed by atoms with Crippen LogP contribution < -0.4 is 10.2 Å². The molecule has 0 saturated carbocycles. The first-order chi connectivity index (χ1) is 11.4. The quantitative estimate of drug-likeness (QED) is 0.869. The van der Waals surface area contributed by atoms with E-state index >= 15 is 0 Å². The van der Waals surface area contributed by atoms with Crippen molar-refractivity contribution in [3.63, 3.8) is 0 Å². The van der Waals surface area contributed by atoms with Crippen molar-refractivity contribution in [1.82, 2.24) is 4.90 Å². The lowest BCUT2D eigenvalue weighted by Gasteiger charge is -2.21. The molecule has 1 saturated heterocycles. The van der Waals surface area contributed by atoms with Crippen molar-refractivity contribution < 1.29 is 14.4 Å². The molecule has 6 nitrogen and oxygen atoms in total. The molecular formula is C18H25N3O3. The number of hydrogen-bond donors (Lipinski definition) is 1. The monoisotopic (exact) mass is 331 g/mol. The molecule has 2 rings (SSSR count). The van der Waals surface area contributed by atoms with Crippen LogP contribution in [-0.4, -0.2) is 42.8 Å². The zero-order chi connectivity index (χ0) is 17.7. The van der Waals surface area contributed by atoms with Gasteiger partial charge in [0.1, 0.15) is 0 Å². The minimum atomic E-state index is -0.283. The number of rotatable bonds is 6. The number of hydrogen-bond acceptors (Lipinski definition) is 3. The van der Waals surface area contributed by atoms with E-state index in [0.717, 1.165) is 25.1 Å². The third kappa shape index (κ3) is 4.34. The molecule has 24 heavy (non-hydrogen) atoms. The van der Waals surface area contributed by atoms with Gasteiger partial charge in [0.05, 0.1) is 5.92 Å². The van der Waals surface area contributed by atoms with E-state index in [4.69, 9.17) is 0 Å². The predicted molar refractivity (Wildman–Crippen MR) is 93.8 cm³/mol. The SMILES string of the molecule is CCCCN(C)C(=O)C1CC(=O)N(c2ccc(NC(C)=O)cc2)C1. The van der Waals surface area contributed by atoms with Gasteiger partial charge in [-0.15, -0.1) is 0 Å². The molecule has 1 aromatic carbocycles. The Morgan fingerprint density at radius 2 is 1.96 bits per heavy atom. The molecule has 1 heterocycles. The smallest absolute Gasteiger partial charge is 0.227 e. The Morgan fingerprint density at radius 3 is 2.54 bits per heavy atom. The third-order valence-corrected chi connectivity index (χ3v) is 4.20. The van der Waals surface area contributed by atoms with E-state index in [1.54, 1.807) is 41.1 Å². The molecule has 0 aromatic heterocycles. The zero-order valence-corrected chi connectivity index (χ0v) is 14.5. The normalized spacial score (nSPS) is 17.0. The molecule has 1 unspecified atom stereocenters. The summed E-state index contributed by atoms with van der Waals surface area (Å²) in [6.45, 7) is 4.67. The maximum atomic E-state index is 12.4. The van der Waals surface area contributed by atoms with Crippen LogP contribution >= 0.6 is 0 Å². The van der Waals surface area contributed by atoms with Crippen LogP contribution in [0.15, 0.2) is 24.3 Å². The van der Waals surface area contributed by atoms with Crippen LogP contribution in [0.2, 0.25) is 0 Å². The van der Waals surface area contributed by atoms with Crippen LogP contribution in [0.3, 0.4) is 0 Å². The van der Waals surface area contributed by atoms with Crippen molar-refractivity contribution in [1.29, 1.82) is 0 Å². The maximum absolute atomic E-state index is 12.4. The van der Waals surface area contributed by atoms with E-state index in [1.807, 2.05) is 0 Å². The van der Waals surface area contributed by atoms with Crippen LogP contribution in [0.4, 0.5) is 11.4 Å². The minimum absolute atomic E-state index is 0.0363. The van der Waals surface area contributed by atoms with Gasteiger partial charge in [0.15, 0.2) is 0 Å². The van der Waals surface area contributed by atoms with E-state index in [0.29, 0.717) is 12.2 Å². The maximum Gasteiger partial charge on any atom is 0.227 e. The molecule has 1 fully saturated rings. The van der Waals surface area contributed by atoms with E-state index in [1.165, 1.54) is 6.92 Å². The lowest BCUT2D eigenvalue weighted by atomic mass is 10.1. The first-order valence-corrected chi connectivity index (χ1v) is 8.35. The Balaban J connectivity index is 2.01. The van der Waals surface area contributed by atoms with Gasteiger partial charge in [-0.05, 0) is 30.7 Å². The number of unbranched alkanes of at least 4 members (excludes halogenated alkanes) is 1. The number of amides is 3. The predicted octanol–water partition coefficient (Wildman–Crippen LogP) is 2.26. The largest absolute Gasteiger partial charge is 0.345 e. The van der Waals surface area contributed by atoms with Gasteiger partial charge in [-0.25, -0.2) is 0 Å². The molecule has 0 bridgehead atoms. The molecule has 0 aliphatic carbocycles. The first-order valence-electron chi connectivity index (χ1n) is 8.35. The second-order valence-corrected chi connectivity index (χ2v) is 6.25. The van der Waals surface area contributed by atoms with Gasteiger partial charge >= 0.3 is 0 Å². The minimum Gasteiger partial charge on any atom is -0.345 e. The fraction of sp³-hybridized carbons (Fsp3) is 0.500. The number of anilines is 2. The van der Waals surface area contributed by atoms with Crippen LogP contribution in [-0.2, 0) is 14.4 Å². The summed E-state index contributed by atoms with van der Waals surface area (Å²) in [7, 11) is 1.80. The number of carbonyl (C=O) groups excluding carboxylic acids is 3. The van der Waals surface area contributed by atoms with Gasteiger partial charge in [0, 0.05) is 44.9 Å². The van der Waals surface area contributed by atoms with Crippen molar-refractivity contribution in [2.45, 2.75) is 33.1 Å². The number of carbonyl (C=O) groups is 3. The van der Waals surface area contributed by atoms with Gasteiger partial charge in [-0.1, -0.05) is 13.3 Å². The van der Waals surface area contributed by atoms with Gasteiger partial charge in [0.2, 0.25) is 17.7 Å². The molecule has 0 radical (unpaired) electrons. The Hall–Kier alpha value is -2.37. The summed E-state index contributed by atoms with van der Waals surface area (Å²) in [4.78, 5) is 39.1. The number of benzene rings is 1. The number of nitrogens with one attached hydrogen (secondary N) is 1. The molecular weight excluding hydrogens is 306 g/mol. The molecule has 3 amide bonds. The molecule has 1 N–H and O–H groups in total. The van der Waals surface area contributed by atoms with Crippen LogP contribution in [0.25, 0.3) is 0 Å². The van der Waals surface area contributed by atoms with Gasteiger partial charge in [0.25, 0.3) is 0 Å². The highest BCUT2D eigenvalue weighted by Crippen LogP contribution is 2.27. The van der Waals surface area contributed by atoms with Gasteiger partial charge in [-0.3, -0.25) is 14.4 Å². The van der Waals surface area contributed by atoms with Crippen molar-refractivity contribution in [2.75, 3.05) is 30.4 Å². The van der Waals surface area contributed by atoms with Crippen molar-refractivity contribution in [2.24, 2.45) is 5.92 Å². The average Bonchev–Trinajstić information content (AvgIpc) is 2.94. The van der Waals surface area contributed by atoms with E-state index in [-0.39, 0.29) is 30.1 Å². The highest BCUT2D eigenvalue weighted by Gasteiger charge is 2.36. The van der Waals surface area contributed by atoms with E-state index in [2.05, 4.69) is 12.2 Å². The van der Waals surface area contributed by atoms with Crippen LogP contribution in [0.1, 0.15) is 33.1 Å². The van der Waals surface area contributed by atoms with E-state index < -0.39 is 0 Å². The molecule has 1 aliphatic heterocycles. The summed E-state index contributed by atoms with van der Waals surface area (Å²) in [6, 6.07) is 7.09. The molecule has 1 aliphatic rings. The summed E-state index contributed by atoms with van der Waals surface area (Å²) < 4.78 is 0. The van der Waals surface area contributed by atoms with Crippen molar-refractivity contribution in [3.05, 3.63) is 24.3 Å². The molecule has 6 heteroatoms. The summed E-state index contributed by atoms with van der Waals surface area (Å²) in [5.74, 6) is -0.422. The second kappa shape index (κ2) is 7.95. The second-order valence-electron chi connectivity index (χ2n) is 6.25. The lowest BCUT2D eigenvalue weighted by molar-refractivity contribution is -0.134. The summed E-state index contributed by atoms with van der Waals surface area (Å²) in [5, 5.41) is 2.69. The first kappa shape index (κ1) is 18.0. The highest BCUT2D eigenvalue weighted by atomic mass is 16.2. The standard InChI is InChI=1S/C18H25N3O3/c1-4-5-10-20(3)18(24)14-11-17(23)21(12-14)16-8-6-15(7-9-16)19-13(2)22/h6-9,14H,4-5,10-12H2,1-3H3,(H,19,22). The molecule has 1 aromatic rings. The highest BCUT2D eigenvalue weighted by molar-refractivity contribution is 6.00. The topological polar surface area (TPSA) is 69.7 Å². The van der Waals surface area contributed by atoms with E-state index in [9.17, 15) is 14.4 Å². The Bertz CT molecular complexity index is 612. The summed E-state index contributed by atoms with van der Waals surface area (Å²) >= 11 is 0. The molecule has 130 valence electrons. The fourth-order valence-electron chi connectivity index (χ4n) is 2.87. The van der Waals surface area contributed by atoms with Crippen LogP contribution in [0.5, 0.6) is 0 Å². The lowest BCUT2D eigenvalue weighted by Crippen LogP contribution is -2.35. The van der Waals surface area contributed by atoms with Crippen LogP contribution in [0, 0.1) is 5.92 Å². The third-order valence-electron chi connectivity index (χ3n) is 4.20. The molecule has 1 atom stereocenters. The average molecular weight is 331 g/mol. The Kier molecular flexibility index (Phi) is 5.95. The fourth-order valence-corrected chi connectivity index (χ4v) is 2.87. The Labute approximate surface area is 142 Å². The van der Waals surface area contributed by atoms with Crippen molar-refractivity contribution in [3.8, 4) is 0 Å². The zero-order valence-electron chi connectivity index (χ0n) is 14.5. The Morgan fingerprint density at radius 1 is 1.29 bits per heavy atom. The van der Waals surface area contributed by atoms with Gasteiger partial charge < -0.3 is 15.1 Å². The van der Waals surface area contributed by atoms with Gasteiger partial charge in [-0.2, -0.15) is 0 Å². The number of nitrogens with zero attached hydrogens (tertiary/aromatic N) is 2. The molecule has 0 spiro atoms. The summed E-state index contributed by atoms with van der Waals surface area (Å²) in [5.41, 5.74) is 1.44.